The van der Waals surface area contributed by atoms with E-state index in [0.29, 0.717) is 6.54 Å². The number of aromatic hydroxyl groups is 1. The molecule has 0 atom stereocenters. The minimum absolute atomic E-state index is 0.240. The van der Waals surface area contributed by atoms with Gasteiger partial charge >= 0.3 is 5.97 Å². The van der Waals surface area contributed by atoms with E-state index in [1.807, 2.05) is 0 Å². The molecule has 2 N–H and O–H groups in total. The van der Waals surface area contributed by atoms with Crippen LogP contribution in [0.5, 0.6) is 5.75 Å². The number of hydrogen-bond donors (Lipinski definition) is 2. The average Bonchev–Trinajstić information content (AvgIpc) is 2.26. The maximum atomic E-state index is 10.7. The number of phenolic OH excluding ortho intramolecular Hbond substituents is 1. The second-order valence-corrected chi connectivity index (χ2v) is 2.90. The molecule has 0 fully saturated rings. The third-order valence-electron chi connectivity index (χ3n) is 1.78. The average molecular weight is 207 g/mol. The van der Waals surface area contributed by atoms with E-state index in [9.17, 15) is 4.79 Å². The molecule has 0 aromatic heterocycles. The van der Waals surface area contributed by atoms with Crippen molar-refractivity contribution in [2.24, 2.45) is 0 Å². The summed E-state index contributed by atoms with van der Waals surface area (Å²) in [6.07, 6.45) is 2.83. The molecule has 0 unspecified atom stereocenters. The molecule has 1 aromatic carbocycles. The first-order valence-corrected chi connectivity index (χ1v) is 4.48. The van der Waals surface area contributed by atoms with E-state index in [2.05, 4.69) is 10.1 Å². The van der Waals surface area contributed by atoms with Crippen LogP contribution in [0.2, 0.25) is 0 Å². The predicted molar refractivity (Wildman–Crippen MR) is 56.1 cm³/mol. The molecular weight excluding hydrogens is 194 g/mol. The summed E-state index contributed by atoms with van der Waals surface area (Å²) in [7, 11) is 1.33. The van der Waals surface area contributed by atoms with Gasteiger partial charge in [0, 0.05) is 18.8 Å². The van der Waals surface area contributed by atoms with Gasteiger partial charge in [-0.05, 0) is 17.7 Å². The molecule has 15 heavy (non-hydrogen) atoms. The fourth-order valence-corrected chi connectivity index (χ4v) is 0.986. The molecule has 0 amide bonds. The third-order valence-corrected chi connectivity index (χ3v) is 1.78. The van der Waals surface area contributed by atoms with Crippen LogP contribution in [-0.2, 0) is 16.1 Å². The van der Waals surface area contributed by atoms with Crippen LogP contribution in [0, 0.1) is 0 Å². The molecule has 80 valence electrons. The number of methoxy groups -OCH3 is 1. The monoisotopic (exact) mass is 207 g/mol. The molecule has 0 saturated carbocycles. The van der Waals surface area contributed by atoms with Crippen LogP contribution >= 0.6 is 0 Å². The minimum Gasteiger partial charge on any atom is -0.508 e. The lowest BCUT2D eigenvalue weighted by atomic mass is 10.2. The van der Waals surface area contributed by atoms with Crippen molar-refractivity contribution < 1.29 is 14.6 Å². The van der Waals surface area contributed by atoms with Crippen LogP contribution in [0.4, 0.5) is 0 Å². The Bertz CT molecular complexity index is 343. The molecular formula is C11H13NO3. The SMILES string of the molecule is COC(=O)/C=C/NCc1ccc(O)cc1. The topological polar surface area (TPSA) is 58.6 Å². The number of carbonyl (C=O) groups excluding carboxylic acids is 1. The van der Waals surface area contributed by atoms with Crippen molar-refractivity contribution in [3.63, 3.8) is 0 Å². The molecule has 0 heterocycles. The summed E-state index contributed by atoms with van der Waals surface area (Å²) in [5, 5.41) is 12.0. The lowest BCUT2D eigenvalue weighted by Crippen LogP contribution is -2.06. The number of nitrogens with one attached hydrogen (secondary N) is 1. The molecule has 0 radical (unpaired) electrons. The van der Waals surface area contributed by atoms with E-state index in [0.717, 1.165) is 5.56 Å². The Morgan fingerprint density at radius 1 is 1.47 bits per heavy atom. The van der Waals surface area contributed by atoms with Gasteiger partial charge in [0.2, 0.25) is 0 Å². The Kier molecular flexibility index (Phi) is 4.22. The fourth-order valence-electron chi connectivity index (χ4n) is 0.986. The number of phenols is 1. The summed E-state index contributed by atoms with van der Waals surface area (Å²) >= 11 is 0. The van der Waals surface area contributed by atoms with Crippen LogP contribution in [-0.4, -0.2) is 18.2 Å². The van der Waals surface area contributed by atoms with E-state index < -0.39 is 5.97 Å². The van der Waals surface area contributed by atoms with Gasteiger partial charge in [-0.2, -0.15) is 0 Å². The van der Waals surface area contributed by atoms with Crippen molar-refractivity contribution in [1.82, 2.24) is 5.32 Å². The first kappa shape index (κ1) is 11.1. The van der Waals surface area contributed by atoms with E-state index in [1.165, 1.54) is 19.4 Å². The zero-order valence-corrected chi connectivity index (χ0v) is 8.43. The van der Waals surface area contributed by atoms with E-state index in [1.54, 1.807) is 24.3 Å². The maximum Gasteiger partial charge on any atom is 0.331 e. The number of hydrogen-bond acceptors (Lipinski definition) is 4. The molecule has 0 saturated heterocycles. The summed E-state index contributed by atoms with van der Waals surface area (Å²) in [5.41, 5.74) is 1.02. The number of benzene rings is 1. The van der Waals surface area contributed by atoms with Crippen LogP contribution < -0.4 is 5.32 Å². The molecule has 0 bridgehead atoms. The van der Waals surface area contributed by atoms with E-state index in [4.69, 9.17) is 5.11 Å². The highest BCUT2D eigenvalue weighted by Gasteiger charge is 1.92. The lowest BCUT2D eigenvalue weighted by molar-refractivity contribution is -0.134. The zero-order valence-electron chi connectivity index (χ0n) is 8.43. The Hall–Kier alpha value is -1.97. The highest BCUT2D eigenvalue weighted by molar-refractivity contribution is 5.81. The molecule has 0 spiro atoms. The molecule has 0 aliphatic rings. The highest BCUT2D eigenvalue weighted by atomic mass is 16.5. The molecule has 0 aliphatic heterocycles. The molecule has 4 nitrogen and oxygen atoms in total. The molecule has 4 heteroatoms. The lowest BCUT2D eigenvalue weighted by Gasteiger charge is -2.00. The number of esters is 1. The van der Waals surface area contributed by atoms with Gasteiger partial charge in [-0.3, -0.25) is 0 Å². The van der Waals surface area contributed by atoms with Gasteiger partial charge in [0.05, 0.1) is 7.11 Å². The zero-order chi connectivity index (χ0) is 11.1. The quantitative estimate of drug-likeness (QED) is 0.574. The van der Waals surface area contributed by atoms with E-state index >= 15 is 0 Å². The first-order chi connectivity index (χ1) is 7.22. The summed E-state index contributed by atoms with van der Waals surface area (Å²) in [5.74, 6) is -0.156. The maximum absolute atomic E-state index is 10.7. The molecule has 1 aromatic rings. The van der Waals surface area contributed by atoms with Gasteiger partial charge in [0.15, 0.2) is 0 Å². The Morgan fingerprint density at radius 3 is 2.73 bits per heavy atom. The Labute approximate surface area is 88.2 Å². The van der Waals surface area contributed by atoms with Gasteiger partial charge in [-0.1, -0.05) is 12.1 Å². The number of rotatable bonds is 4. The van der Waals surface area contributed by atoms with Gasteiger partial charge < -0.3 is 15.2 Å². The van der Waals surface area contributed by atoms with Crippen LogP contribution in [0.25, 0.3) is 0 Å². The molecule has 0 aliphatic carbocycles. The van der Waals surface area contributed by atoms with Crippen molar-refractivity contribution in [2.45, 2.75) is 6.54 Å². The van der Waals surface area contributed by atoms with Crippen molar-refractivity contribution in [3.8, 4) is 5.75 Å². The Balaban J connectivity index is 2.35. The molecule has 1 rings (SSSR count). The number of ether oxygens (including phenoxy) is 1. The third kappa shape index (κ3) is 4.17. The van der Waals surface area contributed by atoms with Crippen molar-refractivity contribution >= 4 is 5.97 Å². The predicted octanol–water partition coefficient (Wildman–Crippen LogP) is 1.17. The minimum atomic E-state index is -0.395. The van der Waals surface area contributed by atoms with Gasteiger partial charge in [0.1, 0.15) is 5.75 Å². The van der Waals surface area contributed by atoms with Gasteiger partial charge in [-0.15, -0.1) is 0 Å². The van der Waals surface area contributed by atoms with Crippen molar-refractivity contribution in [1.29, 1.82) is 0 Å². The fraction of sp³-hybridized carbons (Fsp3) is 0.182. The first-order valence-electron chi connectivity index (χ1n) is 4.48. The smallest absolute Gasteiger partial charge is 0.331 e. The van der Waals surface area contributed by atoms with Gasteiger partial charge in [0.25, 0.3) is 0 Å². The van der Waals surface area contributed by atoms with Crippen molar-refractivity contribution in [3.05, 3.63) is 42.1 Å². The van der Waals surface area contributed by atoms with Gasteiger partial charge in [-0.25, -0.2) is 4.79 Å². The summed E-state index contributed by atoms with van der Waals surface area (Å²) in [6, 6.07) is 6.82. The summed E-state index contributed by atoms with van der Waals surface area (Å²) < 4.78 is 4.42. The van der Waals surface area contributed by atoms with Crippen LogP contribution in [0.3, 0.4) is 0 Å². The van der Waals surface area contributed by atoms with Crippen LogP contribution in [0.1, 0.15) is 5.56 Å². The van der Waals surface area contributed by atoms with E-state index in [-0.39, 0.29) is 5.75 Å². The van der Waals surface area contributed by atoms with Crippen molar-refractivity contribution in [2.75, 3.05) is 7.11 Å². The van der Waals surface area contributed by atoms with Crippen LogP contribution in [0.15, 0.2) is 36.5 Å². The Morgan fingerprint density at radius 2 is 2.13 bits per heavy atom. The normalized spacial score (nSPS) is 10.2. The second kappa shape index (κ2) is 5.70. The largest absolute Gasteiger partial charge is 0.508 e. The summed E-state index contributed by atoms with van der Waals surface area (Å²) in [6.45, 7) is 0.591. The second-order valence-electron chi connectivity index (χ2n) is 2.90. The number of carbonyl (C=O) groups is 1. The highest BCUT2D eigenvalue weighted by Crippen LogP contribution is 2.08. The summed E-state index contributed by atoms with van der Waals surface area (Å²) in [4.78, 5) is 10.7. The standard InChI is InChI=1S/C11H13NO3/c1-15-11(14)6-7-12-8-9-2-4-10(13)5-3-9/h2-7,12-13H,8H2,1H3/b7-6+.